The van der Waals surface area contributed by atoms with E-state index in [9.17, 15) is 4.79 Å². The molecule has 0 amide bonds. The number of unbranched alkanes of at least 4 members (excludes halogenated alkanes) is 38. The van der Waals surface area contributed by atoms with Crippen molar-refractivity contribution >= 4 is 29.2 Å². The lowest BCUT2D eigenvalue weighted by Gasteiger charge is -2.18. The molecule has 0 spiro atoms. The predicted molar refractivity (Wildman–Crippen MR) is 286 cm³/mol. The maximum atomic E-state index is 9.24. The van der Waals surface area contributed by atoms with Crippen LogP contribution in [0.3, 0.4) is 0 Å². The van der Waals surface area contributed by atoms with Crippen LogP contribution in [-0.2, 0) is 4.79 Å². The van der Waals surface area contributed by atoms with Crippen molar-refractivity contribution in [3.8, 4) is 0 Å². The lowest BCUT2D eigenvalue weighted by atomic mass is 10.0. The minimum absolute atomic E-state index is 0.248. The van der Waals surface area contributed by atoms with Crippen molar-refractivity contribution in [1.82, 2.24) is 9.80 Å². The Kier molecular flexibility index (Phi) is 52.4. The number of β-amino-alcohol motifs (C(OH)–C–C–N with tert-alkyl or cyclic N) is 2. The van der Waals surface area contributed by atoms with E-state index in [0.29, 0.717) is 0 Å². The lowest BCUT2D eigenvalue weighted by molar-refractivity contribution is -0.134. The molecular formula is C56H111ClN4O4. The van der Waals surface area contributed by atoms with Crippen molar-refractivity contribution in [2.24, 2.45) is 9.98 Å². The first-order valence-corrected chi connectivity index (χ1v) is 29.1. The van der Waals surface area contributed by atoms with E-state index in [4.69, 9.17) is 26.9 Å². The topological polar surface area (TPSA) is 109 Å². The molecule has 386 valence electrons. The van der Waals surface area contributed by atoms with E-state index in [2.05, 4.69) is 33.6 Å². The number of nitrogens with zero attached hydrogens (tertiary/aromatic N) is 4. The summed E-state index contributed by atoms with van der Waals surface area (Å²) in [5, 5.41) is 25.8. The van der Waals surface area contributed by atoms with Gasteiger partial charge in [-0.25, -0.2) is 0 Å². The average Bonchev–Trinajstić information content (AvgIpc) is 3.97. The number of carboxylic acids is 1. The van der Waals surface area contributed by atoms with Crippen LogP contribution in [0.15, 0.2) is 9.98 Å². The van der Waals surface area contributed by atoms with Crippen molar-refractivity contribution in [3.05, 3.63) is 0 Å². The molecule has 0 atom stereocenters. The minimum atomic E-state index is -0.980. The summed E-state index contributed by atoms with van der Waals surface area (Å²) in [6.07, 6.45) is 59.5. The van der Waals surface area contributed by atoms with E-state index in [1.165, 1.54) is 269 Å². The van der Waals surface area contributed by atoms with E-state index in [-0.39, 0.29) is 19.1 Å². The van der Waals surface area contributed by atoms with E-state index in [1.54, 1.807) is 0 Å². The smallest absolute Gasteiger partial charge is 0.318 e. The third-order valence-electron chi connectivity index (χ3n) is 13.4. The maximum Gasteiger partial charge on any atom is 0.318 e. The highest BCUT2D eigenvalue weighted by atomic mass is 35.5. The van der Waals surface area contributed by atoms with Crippen LogP contribution < -0.4 is 0 Å². The van der Waals surface area contributed by atoms with Gasteiger partial charge in [-0.3, -0.25) is 14.8 Å². The highest BCUT2D eigenvalue weighted by Gasteiger charge is 2.16. The van der Waals surface area contributed by atoms with Crippen molar-refractivity contribution in [3.63, 3.8) is 0 Å². The van der Waals surface area contributed by atoms with Gasteiger partial charge in [0.1, 0.15) is 5.88 Å². The van der Waals surface area contributed by atoms with Crippen LogP contribution in [0.25, 0.3) is 0 Å². The van der Waals surface area contributed by atoms with Crippen LogP contribution in [0.2, 0.25) is 0 Å². The summed E-state index contributed by atoms with van der Waals surface area (Å²) in [7, 11) is 0. The molecule has 65 heavy (non-hydrogen) atoms. The van der Waals surface area contributed by atoms with Gasteiger partial charge < -0.3 is 25.1 Å². The number of aliphatic imine (C=N–C) groups is 2. The van der Waals surface area contributed by atoms with E-state index in [0.717, 1.165) is 52.1 Å². The highest BCUT2D eigenvalue weighted by Crippen LogP contribution is 2.18. The summed E-state index contributed by atoms with van der Waals surface area (Å²) in [4.78, 5) is 22.9. The van der Waals surface area contributed by atoms with Gasteiger partial charge in [0.15, 0.2) is 0 Å². The molecule has 0 aromatic carbocycles. The van der Waals surface area contributed by atoms with Gasteiger partial charge in [0.05, 0.1) is 38.0 Å². The molecule has 0 aromatic rings. The Bertz CT molecular complexity index is 958. The number of hydrogen-bond acceptors (Lipinski definition) is 7. The third-order valence-corrected chi connectivity index (χ3v) is 13.6. The molecule has 2 aliphatic heterocycles. The second kappa shape index (κ2) is 53.6. The zero-order valence-electron chi connectivity index (χ0n) is 43.5. The number of alkyl halides is 1. The Labute approximate surface area is 409 Å². The number of carbonyl (C=O) groups is 1. The van der Waals surface area contributed by atoms with Crippen LogP contribution in [0.5, 0.6) is 0 Å². The summed E-state index contributed by atoms with van der Waals surface area (Å²) in [5.74, 6) is 1.20. The standard InChI is InChI=1S/2C27H54N2O.C2H3ClO2/c2*1-2-3-4-5-6-7-8-9-10-11-12-13-14-15-16-17-18-19-20-21-22-27-28-23-24-29(27)25-26-30;3-1-2(4)5/h2*30H,2-26H2,1H3;1H2,(H,4,5). The fourth-order valence-electron chi connectivity index (χ4n) is 9.33. The maximum absolute atomic E-state index is 9.24. The normalized spacial score (nSPS) is 13.4. The molecule has 2 rings (SSSR count). The van der Waals surface area contributed by atoms with Gasteiger partial charge in [0.2, 0.25) is 0 Å². The summed E-state index contributed by atoms with van der Waals surface area (Å²) in [5.41, 5.74) is 0. The number of hydrogen-bond donors (Lipinski definition) is 3. The number of carboxylic acid groups (broad SMARTS) is 1. The van der Waals surface area contributed by atoms with Gasteiger partial charge in [-0.15, -0.1) is 11.6 Å². The molecule has 0 saturated carbocycles. The number of aliphatic hydroxyl groups is 2. The summed E-state index contributed by atoms with van der Waals surface area (Å²) < 4.78 is 0. The summed E-state index contributed by atoms with van der Waals surface area (Å²) >= 11 is 4.74. The molecular weight excluding hydrogens is 828 g/mol. The molecule has 3 N–H and O–H groups in total. The Hall–Kier alpha value is -1.38. The Morgan fingerprint density at radius 1 is 0.415 bits per heavy atom. The number of amidine groups is 2. The number of aliphatic carboxylic acids is 1. The minimum Gasteiger partial charge on any atom is -0.480 e. The van der Waals surface area contributed by atoms with E-state index >= 15 is 0 Å². The Balaban J connectivity index is 0.00000114. The van der Waals surface area contributed by atoms with Crippen molar-refractivity contribution in [2.75, 3.05) is 58.4 Å². The molecule has 2 aliphatic rings. The van der Waals surface area contributed by atoms with Gasteiger partial charge >= 0.3 is 5.97 Å². The zero-order valence-corrected chi connectivity index (χ0v) is 44.2. The summed E-state index contributed by atoms with van der Waals surface area (Å²) in [6.45, 7) is 10.5. The van der Waals surface area contributed by atoms with Crippen molar-refractivity contribution < 1.29 is 20.1 Å². The predicted octanol–water partition coefficient (Wildman–Crippen LogP) is 16.1. The van der Waals surface area contributed by atoms with E-state index < -0.39 is 5.97 Å². The quantitative estimate of drug-likeness (QED) is 0.0414. The largest absolute Gasteiger partial charge is 0.480 e. The lowest BCUT2D eigenvalue weighted by Crippen LogP contribution is -2.30. The van der Waals surface area contributed by atoms with Crippen LogP contribution in [0.1, 0.15) is 284 Å². The van der Waals surface area contributed by atoms with E-state index in [1.807, 2.05) is 0 Å². The average molecular weight is 940 g/mol. The van der Waals surface area contributed by atoms with Crippen molar-refractivity contribution in [2.45, 2.75) is 284 Å². The van der Waals surface area contributed by atoms with Gasteiger partial charge in [-0.2, -0.15) is 0 Å². The molecule has 8 nitrogen and oxygen atoms in total. The highest BCUT2D eigenvalue weighted by molar-refractivity contribution is 6.26. The zero-order chi connectivity index (χ0) is 47.4. The first-order chi connectivity index (χ1) is 32.0. The number of halogens is 1. The number of aliphatic hydroxyl groups excluding tert-OH is 2. The molecule has 0 aliphatic carbocycles. The number of rotatable bonds is 47. The Morgan fingerprint density at radius 2 is 0.615 bits per heavy atom. The van der Waals surface area contributed by atoms with Crippen LogP contribution in [0, 0.1) is 0 Å². The monoisotopic (exact) mass is 939 g/mol. The first kappa shape index (κ1) is 63.6. The molecule has 2 heterocycles. The fourth-order valence-corrected chi connectivity index (χ4v) is 9.33. The molecule has 0 fully saturated rings. The Morgan fingerprint density at radius 3 is 0.800 bits per heavy atom. The molecule has 9 heteroatoms. The fraction of sp³-hybridized carbons (Fsp3) is 0.946. The third kappa shape index (κ3) is 46.1. The molecule has 0 unspecified atom stereocenters. The van der Waals surface area contributed by atoms with Crippen LogP contribution in [-0.4, -0.2) is 101 Å². The van der Waals surface area contributed by atoms with Crippen LogP contribution >= 0.6 is 11.6 Å². The van der Waals surface area contributed by atoms with Gasteiger partial charge in [-0.05, 0) is 12.8 Å². The molecule has 0 bridgehead atoms. The molecule has 0 saturated heterocycles. The van der Waals surface area contributed by atoms with Crippen molar-refractivity contribution in [1.29, 1.82) is 0 Å². The molecule has 0 radical (unpaired) electrons. The van der Waals surface area contributed by atoms with Gasteiger partial charge in [0, 0.05) is 39.0 Å². The second-order valence-electron chi connectivity index (χ2n) is 19.5. The van der Waals surface area contributed by atoms with Crippen LogP contribution in [0.4, 0.5) is 0 Å². The SMILES string of the molecule is CCCCCCCCCCCCCCCCCCCCCCC1=NCCN1CCO.CCCCCCCCCCCCCCCCCCCCCCC1=NCCN1CCO.O=C(O)CCl. The first-order valence-electron chi connectivity index (χ1n) is 28.6. The summed E-state index contributed by atoms with van der Waals surface area (Å²) in [6, 6.07) is 0. The molecule has 0 aromatic heterocycles. The van der Waals surface area contributed by atoms with Gasteiger partial charge in [0.25, 0.3) is 0 Å². The second-order valence-corrected chi connectivity index (χ2v) is 19.7. The van der Waals surface area contributed by atoms with Gasteiger partial charge in [-0.1, -0.05) is 258 Å².